The van der Waals surface area contributed by atoms with Crippen molar-refractivity contribution in [3.8, 4) is 5.75 Å². The standard InChI is InChI=1S/C20H23ClN2O3/c1-13-10-14(2)20(17(21)11-13)23-19(25)12-18(24)22-9-8-15-4-6-16(26-3)7-5-15/h4-7,10-11H,8-9,12H2,1-3H3,(H,22,24)(H,23,25). The molecule has 2 aromatic carbocycles. The number of rotatable bonds is 7. The van der Waals surface area contributed by atoms with Crippen LogP contribution in [0.2, 0.25) is 5.02 Å². The van der Waals surface area contributed by atoms with Gasteiger partial charge in [0.15, 0.2) is 0 Å². The number of hydrogen-bond acceptors (Lipinski definition) is 3. The van der Waals surface area contributed by atoms with E-state index in [4.69, 9.17) is 16.3 Å². The van der Waals surface area contributed by atoms with Gasteiger partial charge in [0.2, 0.25) is 11.8 Å². The number of ether oxygens (including phenoxy) is 1. The zero-order valence-corrected chi connectivity index (χ0v) is 15.9. The quantitative estimate of drug-likeness (QED) is 0.727. The van der Waals surface area contributed by atoms with Crippen molar-refractivity contribution in [3.05, 3.63) is 58.1 Å². The average molecular weight is 375 g/mol. The van der Waals surface area contributed by atoms with Crippen molar-refractivity contribution in [1.29, 1.82) is 0 Å². The van der Waals surface area contributed by atoms with Gasteiger partial charge in [-0.05, 0) is 55.2 Å². The van der Waals surface area contributed by atoms with Gasteiger partial charge in [0.05, 0.1) is 17.8 Å². The Hall–Kier alpha value is -2.53. The summed E-state index contributed by atoms with van der Waals surface area (Å²) in [5, 5.41) is 5.93. The highest BCUT2D eigenvalue weighted by Gasteiger charge is 2.13. The molecule has 0 atom stereocenters. The zero-order valence-electron chi connectivity index (χ0n) is 15.2. The first-order valence-electron chi connectivity index (χ1n) is 8.35. The maximum absolute atomic E-state index is 12.1. The van der Waals surface area contributed by atoms with E-state index in [0.717, 1.165) is 22.4 Å². The van der Waals surface area contributed by atoms with E-state index in [1.54, 1.807) is 13.2 Å². The molecule has 6 heteroatoms. The van der Waals surface area contributed by atoms with E-state index in [9.17, 15) is 9.59 Å². The third-order valence-corrected chi connectivity index (χ3v) is 4.21. The van der Waals surface area contributed by atoms with Crippen LogP contribution in [0.1, 0.15) is 23.1 Å². The maximum Gasteiger partial charge on any atom is 0.233 e. The SMILES string of the molecule is COc1ccc(CCNC(=O)CC(=O)Nc2c(C)cc(C)cc2Cl)cc1. The van der Waals surface area contributed by atoms with Crippen molar-refractivity contribution in [2.75, 3.05) is 19.0 Å². The summed E-state index contributed by atoms with van der Waals surface area (Å²) in [5.41, 5.74) is 3.51. The molecule has 0 radical (unpaired) electrons. The molecule has 0 aliphatic rings. The van der Waals surface area contributed by atoms with Crippen molar-refractivity contribution in [1.82, 2.24) is 5.32 Å². The van der Waals surface area contributed by atoms with Crippen molar-refractivity contribution < 1.29 is 14.3 Å². The number of halogens is 1. The second-order valence-corrected chi connectivity index (χ2v) is 6.52. The molecule has 2 amide bonds. The van der Waals surface area contributed by atoms with Crippen molar-refractivity contribution in [2.45, 2.75) is 26.7 Å². The van der Waals surface area contributed by atoms with Crippen LogP contribution in [0.15, 0.2) is 36.4 Å². The number of nitrogens with one attached hydrogen (secondary N) is 2. The third kappa shape index (κ3) is 5.77. The van der Waals surface area contributed by atoms with Crippen molar-refractivity contribution in [3.63, 3.8) is 0 Å². The Morgan fingerprint density at radius 1 is 1.08 bits per heavy atom. The Labute approximate surface area is 158 Å². The zero-order chi connectivity index (χ0) is 19.1. The number of aryl methyl sites for hydroxylation is 2. The Kier molecular flexibility index (Phi) is 7.04. The molecule has 0 heterocycles. The number of anilines is 1. The summed E-state index contributed by atoms with van der Waals surface area (Å²) in [4.78, 5) is 24.0. The van der Waals surface area contributed by atoms with Gasteiger partial charge in [-0.3, -0.25) is 9.59 Å². The van der Waals surface area contributed by atoms with E-state index in [0.29, 0.717) is 23.7 Å². The predicted octanol–water partition coefficient (Wildman–Crippen LogP) is 3.65. The van der Waals surface area contributed by atoms with Gasteiger partial charge < -0.3 is 15.4 Å². The lowest BCUT2D eigenvalue weighted by Crippen LogP contribution is -2.29. The van der Waals surface area contributed by atoms with Crippen LogP contribution in [0.25, 0.3) is 0 Å². The van der Waals surface area contributed by atoms with Crippen LogP contribution in [-0.4, -0.2) is 25.5 Å². The minimum Gasteiger partial charge on any atom is -0.497 e. The lowest BCUT2D eigenvalue weighted by molar-refractivity contribution is -0.126. The summed E-state index contributed by atoms with van der Waals surface area (Å²) >= 11 is 6.16. The Bertz CT molecular complexity index is 765. The first kappa shape index (κ1) is 19.8. The van der Waals surface area contributed by atoms with E-state index in [-0.39, 0.29) is 18.2 Å². The molecule has 0 spiro atoms. The second-order valence-electron chi connectivity index (χ2n) is 6.11. The first-order valence-corrected chi connectivity index (χ1v) is 8.73. The van der Waals surface area contributed by atoms with Crippen LogP contribution in [-0.2, 0) is 16.0 Å². The molecular formula is C20H23ClN2O3. The van der Waals surface area contributed by atoms with E-state index in [2.05, 4.69) is 10.6 Å². The fraction of sp³-hybridized carbons (Fsp3) is 0.300. The van der Waals surface area contributed by atoms with E-state index >= 15 is 0 Å². The highest BCUT2D eigenvalue weighted by Crippen LogP contribution is 2.27. The molecule has 0 unspecified atom stereocenters. The number of benzene rings is 2. The normalized spacial score (nSPS) is 10.3. The van der Waals surface area contributed by atoms with Gasteiger partial charge in [0.25, 0.3) is 0 Å². The summed E-state index contributed by atoms with van der Waals surface area (Å²) in [6.07, 6.45) is 0.437. The highest BCUT2D eigenvalue weighted by molar-refractivity contribution is 6.34. The Balaban J connectivity index is 1.79. The molecule has 0 saturated carbocycles. The molecule has 2 N–H and O–H groups in total. The minimum atomic E-state index is -0.388. The van der Waals surface area contributed by atoms with Gasteiger partial charge in [-0.2, -0.15) is 0 Å². The number of amides is 2. The van der Waals surface area contributed by atoms with E-state index in [1.807, 2.05) is 44.2 Å². The third-order valence-electron chi connectivity index (χ3n) is 3.91. The summed E-state index contributed by atoms with van der Waals surface area (Å²) in [5.74, 6) is 0.0808. The Morgan fingerprint density at radius 3 is 2.38 bits per heavy atom. The fourth-order valence-electron chi connectivity index (χ4n) is 2.60. The Morgan fingerprint density at radius 2 is 1.77 bits per heavy atom. The molecule has 2 rings (SSSR count). The highest BCUT2D eigenvalue weighted by atomic mass is 35.5. The molecule has 0 fully saturated rings. The lowest BCUT2D eigenvalue weighted by Gasteiger charge is -2.11. The molecule has 5 nitrogen and oxygen atoms in total. The fourth-order valence-corrected chi connectivity index (χ4v) is 2.97. The average Bonchev–Trinajstić information content (AvgIpc) is 2.58. The topological polar surface area (TPSA) is 67.4 Å². The van der Waals surface area contributed by atoms with Crippen LogP contribution in [0.3, 0.4) is 0 Å². The largest absolute Gasteiger partial charge is 0.497 e. The van der Waals surface area contributed by atoms with Crippen LogP contribution in [0, 0.1) is 13.8 Å². The smallest absolute Gasteiger partial charge is 0.233 e. The molecule has 0 bridgehead atoms. The van der Waals surface area contributed by atoms with Gasteiger partial charge in [-0.1, -0.05) is 29.8 Å². The summed E-state index contributed by atoms with van der Waals surface area (Å²) in [6.45, 7) is 4.26. The van der Waals surface area contributed by atoms with Crippen LogP contribution in [0.4, 0.5) is 5.69 Å². The van der Waals surface area contributed by atoms with Gasteiger partial charge >= 0.3 is 0 Å². The number of carbonyl (C=O) groups excluding carboxylic acids is 2. The van der Waals surface area contributed by atoms with Gasteiger partial charge in [0.1, 0.15) is 12.2 Å². The van der Waals surface area contributed by atoms with Crippen molar-refractivity contribution in [2.24, 2.45) is 0 Å². The molecule has 0 saturated heterocycles. The van der Waals surface area contributed by atoms with Crippen LogP contribution in [0.5, 0.6) is 5.75 Å². The minimum absolute atomic E-state index is 0.244. The van der Waals surface area contributed by atoms with Crippen molar-refractivity contribution >= 4 is 29.1 Å². The number of hydrogen-bond donors (Lipinski definition) is 2. The van der Waals surface area contributed by atoms with Gasteiger partial charge in [0, 0.05) is 6.54 Å². The molecule has 2 aromatic rings. The van der Waals surface area contributed by atoms with E-state index in [1.165, 1.54) is 0 Å². The monoisotopic (exact) mass is 374 g/mol. The van der Waals surface area contributed by atoms with Crippen LogP contribution < -0.4 is 15.4 Å². The maximum atomic E-state index is 12.1. The van der Waals surface area contributed by atoms with Crippen LogP contribution >= 0.6 is 11.6 Å². The molecule has 0 aromatic heterocycles. The second kappa shape index (κ2) is 9.25. The molecule has 138 valence electrons. The van der Waals surface area contributed by atoms with Gasteiger partial charge in [-0.15, -0.1) is 0 Å². The molecule has 0 aliphatic heterocycles. The molecular weight excluding hydrogens is 352 g/mol. The summed E-state index contributed by atoms with van der Waals surface area (Å²) < 4.78 is 5.10. The summed E-state index contributed by atoms with van der Waals surface area (Å²) in [7, 11) is 1.62. The molecule has 0 aliphatic carbocycles. The first-order chi connectivity index (χ1) is 12.4. The lowest BCUT2D eigenvalue weighted by atomic mass is 10.1. The number of methoxy groups -OCH3 is 1. The summed E-state index contributed by atoms with van der Waals surface area (Å²) in [6, 6.07) is 11.3. The molecule has 26 heavy (non-hydrogen) atoms. The predicted molar refractivity (Wildman–Crippen MR) is 104 cm³/mol. The van der Waals surface area contributed by atoms with Gasteiger partial charge in [-0.25, -0.2) is 0 Å². The van der Waals surface area contributed by atoms with E-state index < -0.39 is 0 Å². The number of carbonyl (C=O) groups is 2.